The quantitative estimate of drug-likeness (QED) is 0.687. The molecule has 1 aromatic carbocycles. The van der Waals surface area contributed by atoms with Gasteiger partial charge in [-0.05, 0) is 18.2 Å². The topological polar surface area (TPSA) is 66.9 Å². The van der Waals surface area contributed by atoms with E-state index in [1.165, 1.54) is 0 Å². The van der Waals surface area contributed by atoms with E-state index in [4.69, 9.17) is 11.0 Å². The van der Waals surface area contributed by atoms with Gasteiger partial charge >= 0.3 is 0 Å². The number of hydrogen-bond donors (Lipinski definition) is 1. The number of hydrogen-bond acceptors (Lipinski definition) is 3. The van der Waals surface area contributed by atoms with E-state index in [0.29, 0.717) is 10.6 Å². The van der Waals surface area contributed by atoms with Crippen LogP contribution < -0.4 is 5.73 Å². The third-order valence-corrected chi connectivity index (χ3v) is 2.49. The first-order valence-corrected chi connectivity index (χ1v) is 4.67. The van der Waals surface area contributed by atoms with E-state index in [1.807, 2.05) is 6.07 Å². The van der Waals surface area contributed by atoms with E-state index >= 15 is 0 Å². The Morgan fingerprint density at radius 2 is 2.33 bits per heavy atom. The molecule has 0 fully saturated rings. The first-order valence-electron chi connectivity index (χ1n) is 3.35. The van der Waals surface area contributed by atoms with Crippen LogP contribution in [0.4, 0.5) is 5.69 Å². The molecule has 0 bridgehead atoms. The van der Waals surface area contributed by atoms with Crippen molar-refractivity contribution in [3.05, 3.63) is 24.3 Å². The summed E-state index contributed by atoms with van der Waals surface area (Å²) in [5.74, 6) is 0.0173. The van der Waals surface area contributed by atoms with Crippen LogP contribution in [0.25, 0.3) is 0 Å². The number of anilines is 1. The Labute approximate surface area is 73.3 Å². The second-order valence-corrected chi connectivity index (χ2v) is 3.67. The molecule has 2 N–H and O–H groups in total. The molecular weight excluding hydrogens is 172 g/mol. The Morgan fingerprint density at radius 1 is 1.58 bits per heavy atom. The van der Waals surface area contributed by atoms with Crippen molar-refractivity contribution in [1.82, 2.24) is 0 Å². The highest BCUT2D eigenvalue weighted by Crippen LogP contribution is 2.10. The van der Waals surface area contributed by atoms with Crippen LogP contribution in [0.2, 0.25) is 0 Å². The van der Waals surface area contributed by atoms with Gasteiger partial charge < -0.3 is 5.73 Å². The van der Waals surface area contributed by atoms with Crippen LogP contribution in [0.3, 0.4) is 0 Å². The molecule has 0 saturated heterocycles. The fourth-order valence-electron chi connectivity index (χ4n) is 0.798. The van der Waals surface area contributed by atoms with Gasteiger partial charge in [0.15, 0.2) is 0 Å². The van der Waals surface area contributed by atoms with Crippen molar-refractivity contribution in [2.45, 2.75) is 4.90 Å². The molecule has 0 spiro atoms. The third kappa shape index (κ3) is 2.07. The summed E-state index contributed by atoms with van der Waals surface area (Å²) in [7, 11) is -1.23. The summed E-state index contributed by atoms with van der Waals surface area (Å²) in [6.07, 6.45) is 0. The minimum atomic E-state index is -1.23. The van der Waals surface area contributed by atoms with E-state index in [-0.39, 0.29) is 5.75 Å². The van der Waals surface area contributed by atoms with Crippen LogP contribution in [-0.2, 0) is 10.8 Å². The number of nitrogen functional groups attached to an aromatic ring is 1. The van der Waals surface area contributed by atoms with E-state index in [9.17, 15) is 4.21 Å². The smallest absolute Gasteiger partial charge is 0.115 e. The van der Waals surface area contributed by atoms with Crippen LogP contribution in [-0.4, -0.2) is 9.96 Å². The lowest BCUT2D eigenvalue weighted by Crippen LogP contribution is -1.96. The maximum Gasteiger partial charge on any atom is 0.115 e. The predicted molar refractivity (Wildman–Crippen MR) is 47.7 cm³/mol. The summed E-state index contributed by atoms with van der Waals surface area (Å²) in [6.45, 7) is 0. The van der Waals surface area contributed by atoms with Gasteiger partial charge in [0.05, 0.1) is 16.9 Å². The first kappa shape index (κ1) is 8.75. The summed E-state index contributed by atoms with van der Waals surface area (Å²) in [6, 6.07) is 8.60. The molecule has 1 unspecified atom stereocenters. The number of rotatable bonds is 2. The van der Waals surface area contributed by atoms with Gasteiger partial charge in [-0.1, -0.05) is 6.07 Å². The zero-order chi connectivity index (χ0) is 8.97. The van der Waals surface area contributed by atoms with Gasteiger partial charge in [-0.2, -0.15) is 5.26 Å². The molecule has 12 heavy (non-hydrogen) atoms. The first-order chi connectivity index (χ1) is 5.74. The third-order valence-electron chi connectivity index (χ3n) is 1.32. The largest absolute Gasteiger partial charge is 0.399 e. The summed E-state index contributed by atoms with van der Waals surface area (Å²) in [4.78, 5) is 0.608. The van der Waals surface area contributed by atoms with Gasteiger partial charge in [-0.25, -0.2) is 0 Å². The molecule has 1 atom stereocenters. The molecule has 1 aromatic rings. The highest BCUT2D eigenvalue weighted by Gasteiger charge is 2.01. The normalized spacial score (nSPS) is 11.9. The standard InChI is InChI=1S/C8H8N2OS/c9-4-5-12(11)8-3-1-2-7(10)6-8/h1-3,6H,5,10H2. The minimum Gasteiger partial charge on any atom is -0.399 e. The van der Waals surface area contributed by atoms with Crippen LogP contribution in [0, 0.1) is 11.3 Å². The van der Waals surface area contributed by atoms with Gasteiger partial charge in [-0.3, -0.25) is 4.21 Å². The van der Waals surface area contributed by atoms with Crippen molar-refractivity contribution >= 4 is 16.5 Å². The minimum absolute atomic E-state index is 0.0173. The average Bonchev–Trinajstić information content (AvgIpc) is 2.05. The summed E-state index contributed by atoms with van der Waals surface area (Å²) >= 11 is 0. The van der Waals surface area contributed by atoms with Crippen LogP contribution in [0.5, 0.6) is 0 Å². The van der Waals surface area contributed by atoms with Gasteiger partial charge in [-0.15, -0.1) is 0 Å². The van der Waals surface area contributed by atoms with Crippen molar-refractivity contribution in [3.63, 3.8) is 0 Å². The predicted octanol–water partition coefficient (Wildman–Crippen LogP) is 0.900. The molecular formula is C8H8N2OS. The van der Waals surface area contributed by atoms with E-state index in [0.717, 1.165) is 0 Å². The number of nitrogens with two attached hydrogens (primary N) is 1. The number of nitrogens with zero attached hydrogens (tertiary/aromatic N) is 1. The van der Waals surface area contributed by atoms with Gasteiger partial charge in [0, 0.05) is 10.6 Å². The lowest BCUT2D eigenvalue weighted by Gasteiger charge is -1.97. The monoisotopic (exact) mass is 180 g/mol. The van der Waals surface area contributed by atoms with Crippen LogP contribution >= 0.6 is 0 Å². The van der Waals surface area contributed by atoms with E-state index in [2.05, 4.69) is 0 Å². The summed E-state index contributed by atoms with van der Waals surface area (Å²) in [5.41, 5.74) is 6.04. The summed E-state index contributed by atoms with van der Waals surface area (Å²) < 4.78 is 11.2. The van der Waals surface area contributed by atoms with Crippen molar-refractivity contribution in [2.24, 2.45) is 0 Å². The Hall–Kier alpha value is -1.34. The maximum absolute atomic E-state index is 11.2. The van der Waals surface area contributed by atoms with E-state index in [1.54, 1.807) is 24.3 Å². The Balaban J connectivity index is 2.90. The molecule has 4 heteroatoms. The summed E-state index contributed by atoms with van der Waals surface area (Å²) in [5, 5.41) is 8.29. The highest BCUT2D eigenvalue weighted by molar-refractivity contribution is 7.85. The van der Waals surface area contributed by atoms with Crippen LogP contribution in [0.1, 0.15) is 0 Å². The Kier molecular flexibility index (Phi) is 2.83. The van der Waals surface area contributed by atoms with Crippen molar-refractivity contribution in [2.75, 3.05) is 11.5 Å². The molecule has 62 valence electrons. The number of nitriles is 1. The zero-order valence-electron chi connectivity index (χ0n) is 6.36. The molecule has 0 aromatic heterocycles. The van der Waals surface area contributed by atoms with Gasteiger partial charge in [0.25, 0.3) is 0 Å². The van der Waals surface area contributed by atoms with Gasteiger partial charge in [0.2, 0.25) is 0 Å². The highest BCUT2D eigenvalue weighted by atomic mass is 32.2. The van der Waals surface area contributed by atoms with E-state index < -0.39 is 10.8 Å². The Bertz CT molecular complexity index is 343. The molecule has 0 saturated carbocycles. The number of benzene rings is 1. The second-order valence-electron chi connectivity index (χ2n) is 2.22. The molecule has 0 aliphatic rings. The van der Waals surface area contributed by atoms with Gasteiger partial charge in [0.1, 0.15) is 5.75 Å². The molecule has 0 radical (unpaired) electrons. The SMILES string of the molecule is N#CCS(=O)c1cccc(N)c1. The van der Waals surface area contributed by atoms with Crippen molar-refractivity contribution in [1.29, 1.82) is 5.26 Å². The van der Waals surface area contributed by atoms with Crippen molar-refractivity contribution < 1.29 is 4.21 Å². The Morgan fingerprint density at radius 3 is 2.92 bits per heavy atom. The molecule has 0 aliphatic carbocycles. The lowest BCUT2D eigenvalue weighted by atomic mass is 10.3. The second kappa shape index (κ2) is 3.88. The molecule has 0 aliphatic heterocycles. The molecule has 0 amide bonds. The molecule has 3 nitrogen and oxygen atoms in total. The zero-order valence-corrected chi connectivity index (χ0v) is 7.17. The fraction of sp³-hybridized carbons (Fsp3) is 0.125. The lowest BCUT2D eigenvalue weighted by molar-refractivity contribution is 0.685. The molecule has 0 heterocycles. The average molecular weight is 180 g/mol. The fourth-order valence-corrected chi connectivity index (χ4v) is 1.58. The molecule has 1 rings (SSSR count). The van der Waals surface area contributed by atoms with Crippen molar-refractivity contribution in [3.8, 4) is 6.07 Å². The van der Waals surface area contributed by atoms with Crippen LogP contribution in [0.15, 0.2) is 29.2 Å². The maximum atomic E-state index is 11.2.